The van der Waals surface area contributed by atoms with Crippen LogP contribution in [0.3, 0.4) is 0 Å². The number of nitrogens with one attached hydrogen (secondary N) is 1. The molecule has 0 aromatic carbocycles. The van der Waals surface area contributed by atoms with Crippen molar-refractivity contribution in [3.05, 3.63) is 36.3 Å². The van der Waals surface area contributed by atoms with Crippen molar-refractivity contribution in [1.29, 1.82) is 5.26 Å². The summed E-state index contributed by atoms with van der Waals surface area (Å²) < 4.78 is 1.96. The molecule has 0 bridgehead atoms. The van der Waals surface area contributed by atoms with Crippen molar-refractivity contribution in [2.24, 2.45) is 7.05 Å². The van der Waals surface area contributed by atoms with Crippen molar-refractivity contribution < 1.29 is 0 Å². The predicted molar refractivity (Wildman–Crippen MR) is 62.1 cm³/mol. The molecule has 1 N–H and O–H groups in total. The maximum absolute atomic E-state index is 8.84. The maximum Gasteiger partial charge on any atom is 0.182 e. The molecule has 0 spiro atoms. The van der Waals surface area contributed by atoms with Gasteiger partial charge in [-0.2, -0.15) is 5.26 Å². The van der Waals surface area contributed by atoms with E-state index in [2.05, 4.69) is 20.3 Å². The van der Waals surface area contributed by atoms with E-state index < -0.39 is 0 Å². The molecule has 0 saturated heterocycles. The van der Waals surface area contributed by atoms with E-state index in [4.69, 9.17) is 5.26 Å². The zero-order valence-corrected chi connectivity index (χ0v) is 9.46. The Morgan fingerprint density at radius 3 is 2.82 bits per heavy atom. The van der Waals surface area contributed by atoms with E-state index in [0.717, 1.165) is 12.2 Å². The van der Waals surface area contributed by atoms with Crippen LogP contribution >= 0.6 is 0 Å². The zero-order valence-electron chi connectivity index (χ0n) is 9.46. The van der Waals surface area contributed by atoms with E-state index in [-0.39, 0.29) is 0 Å². The Kier molecular flexibility index (Phi) is 3.31. The molecular weight excluding hydrogens is 216 g/mol. The van der Waals surface area contributed by atoms with E-state index in [1.165, 1.54) is 6.20 Å². The fraction of sp³-hybridized carbons (Fsp3) is 0.273. The quantitative estimate of drug-likeness (QED) is 0.834. The van der Waals surface area contributed by atoms with Gasteiger partial charge in [-0.15, -0.1) is 0 Å². The predicted octanol–water partition coefficient (Wildman–Crippen LogP) is 0.736. The molecule has 2 rings (SSSR count). The number of nitrogens with zero attached hydrogens (tertiary/aromatic N) is 5. The van der Waals surface area contributed by atoms with Gasteiger partial charge in [-0.3, -0.25) is 0 Å². The molecule has 0 radical (unpaired) electrons. The molecule has 0 amide bonds. The largest absolute Gasteiger partial charge is 0.367 e. The molecule has 2 heterocycles. The number of hydrogen-bond donors (Lipinski definition) is 1. The minimum Gasteiger partial charge on any atom is -0.367 e. The summed E-state index contributed by atoms with van der Waals surface area (Å²) >= 11 is 0. The van der Waals surface area contributed by atoms with Crippen LogP contribution in [0, 0.1) is 11.3 Å². The average molecular weight is 228 g/mol. The summed E-state index contributed by atoms with van der Waals surface area (Å²) in [4.78, 5) is 12.2. The second kappa shape index (κ2) is 5.07. The second-order valence-electron chi connectivity index (χ2n) is 3.50. The molecule has 86 valence electrons. The Bertz CT molecular complexity index is 539. The van der Waals surface area contributed by atoms with E-state index in [0.29, 0.717) is 18.1 Å². The number of anilines is 1. The Hall–Kier alpha value is -2.42. The van der Waals surface area contributed by atoms with E-state index >= 15 is 0 Å². The molecule has 0 aliphatic rings. The van der Waals surface area contributed by atoms with E-state index in [1.807, 2.05) is 23.9 Å². The second-order valence-corrected chi connectivity index (χ2v) is 3.50. The van der Waals surface area contributed by atoms with Gasteiger partial charge in [0, 0.05) is 44.8 Å². The van der Waals surface area contributed by atoms with Crippen molar-refractivity contribution in [2.45, 2.75) is 6.42 Å². The first kappa shape index (κ1) is 11.1. The lowest BCUT2D eigenvalue weighted by Crippen LogP contribution is -2.11. The van der Waals surface area contributed by atoms with Crippen LogP contribution in [-0.4, -0.2) is 26.1 Å². The lowest BCUT2D eigenvalue weighted by molar-refractivity contribution is 0.788. The monoisotopic (exact) mass is 228 g/mol. The van der Waals surface area contributed by atoms with Crippen molar-refractivity contribution in [2.75, 3.05) is 11.9 Å². The van der Waals surface area contributed by atoms with Gasteiger partial charge in [0.25, 0.3) is 0 Å². The van der Waals surface area contributed by atoms with Gasteiger partial charge in [0.05, 0.1) is 0 Å². The molecule has 6 heteroatoms. The highest BCUT2D eigenvalue weighted by Crippen LogP contribution is 2.06. The van der Waals surface area contributed by atoms with Crippen LogP contribution in [0.5, 0.6) is 0 Å². The number of aryl methyl sites for hydroxylation is 1. The molecule has 2 aromatic heterocycles. The zero-order chi connectivity index (χ0) is 12.1. The normalized spacial score (nSPS) is 9.88. The summed E-state index contributed by atoms with van der Waals surface area (Å²) in [7, 11) is 1.95. The Morgan fingerprint density at radius 2 is 2.12 bits per heavy atom. The van der Waals surface area contributed by atoms with Gasteiger partial charge < -0.3 is 9.88 Å². The number of imidazole rings is 1. The third kappa shape index (κ3) is 2.58. The molecule has 17 heavy (non-hydrogen) atoms. The fourth-order valence-corrected chi connectivity index (χ4v) is 1.48. The summed E-state index contributed by atoms with van der Waals surface area (Å²) in [5, 5.41) is 11.9. The van der Waals surface area contributed by atoms with Crippen LogP contribution in [0.1, 0.15) is 11.5 Å². The number of aromatic nitrogens is 4. The summed E-state index contributed by atoms with van der Waals surface area (Å²) in [5.74, 6) is 1.50. The molecule has 6 nitrogen and oxygen atoms in total. The van der Waals surface area contributed by atoms with Crippen LogP contribution in [0.25, 0.3) is 0 Å². The van der Waals surface area contributed by atoms with Crippen LogP contribution in [0.2, 0.25) is 0 Å². The SMILES string of the molecule is Cn1ccnc1CCNc1nccnc1C#N. The van der Waals surface area contributed by atoms with Crippen LogP contribution in [0.4, 0.5) is 5.82 Å². The van der Waals surface area contributed by atoms with Gasteiger partial charge >= 0.3 is 0 Å². The van der Waals surface area contributed by atoms with Crippen molar-refractivity contribution in [1.82, 2.24) is 19.5 Å². The first-order chi connectivity index (χ1) is 8.31. The lowest BCUT2D eigenvalue weighted by Gasteiger charge is -2.05. The van der Waals surface area contributed by atoms with Gasteiger partial charge in [0.2, 0.25) is 0 Å². The van der Waals surface area contributed by atoms with Gasteiger partial charge in [-0.1, -0.05) is 0 Å². The van der Waals surface area contributed by atoms with Crippen molar-refractivity contribution >= 4 is 5.82 Å². The Balaban J connectivity index is 1.95. The van der Waals surface area contributed by atoms with Gasteiger partial charge in [-0.05, 0) is 0 Å². The third-order valence-corrected chi connectivity index (χ3v) is 2.37. The molecule has 0 aliphatic heterocycles. The topological polar surface area (TPSA) is 79.4 Å². The van der Waals surface area contributed by atoms with E-state index in [1.54, 1.807) is 12.4 Å². The maximum atomic E-state index is 8.84. The molecule has 0 atom stereocenters. The third-order valence-electron chi connectivity index (χ3n) is 2.37. The average Bonchev–Trinajstić information content (AvgIpc) is 2.76. The highest BCUT2D eigenvalue weighted by molar-refractivity contribution is 5.46. The minimum atomic E-state index is 0.312. The molecule has 0 unspecified atom stereocenters. The summed E-state index contributed by atoms with van der Waals surface area (Å²) in [6.07, 6.45) is 7.49. The highest BCUT2D eigenvalue weighted by atomic mass is 15.1. The first-order valence-electron chi connectivity index (χ1n) is 5.22. The molecule has 0 saturated carbocycles. The van der Waals surface area contributed by atoms with E-state index in [9.17, 15) is 0 Å². The minimum absolute atomic E-state index is 0.312. The molecular formula is C11H12N6. The van der Waals surface area contributed by atoms with Gasteiger partial charge in [0.1, 0.15) is 11.9 Å². The summed E-state index contributed by atoms with van der Waals surface area (Å²) in [5.41, 5.74) is 0.312. The van der Waals surface area contributed by atoms with Crippen LogP contribution in [-0.2, 0) is 13.5 Å². The van der Waals surface area contributed by atoms with Crippen molar-refractivity contribution in [3.8, 4) is 6.07 Å². The van der Waals surface area contributed by atoms with Crippen LogP contribution < -0.4 is 5.32 Å². The Morgan fingerprint density at radius 1 is 1.29 bits per heavy atom. The summed E-state index contributed by atoms with van der Waals surface area (Å²) in [6.45, 7) is 0.665. The van der Waals surface area contributed by atoms with Crippen molar-refractivity contribution in [3.63, 3.8) is 0 Å². The molecule has 2 aromatic rings. The summed E-state index contributed by atoms with van der Waals surface area (Å²) in [6, 6.07) is 1.99. The Labute approximate surface area is 99.0 Å². The highest BCUT2D eigenvalue weighted by Gasteiger charge is 2.04. The van der Waals surface area contributed by atoms with Gasteiger partial charge in [0.15, 0.2) is 11.5 Å². The fourth-order valence-electron chi connectivity index (χ4n) is 1.48. The number of nitriles is 1. The van der Waals surface area contributed by atoms with Crippen LogP contribution in [0.15, 0.2) is 24.8 Å². The number of hydrogen-bond acceptors (Lipinski definition) is 5. The smallest absolute Gasteiger partial charge is 0.182 e. The lowest BCUT2D eigenvalue weighted by atomic mass is 10.3. The number of rotatable bonds is 4. The molecule has 0 aliphatic carbocycles. The standard InChI is InChI=1S/C11H12N6/c1-17-7-6-14-10(17)2-3-15-11-9(8-12)13-4-5-16-11/h4-7H,2-3H2,1H3,(H,15,16). The first-order valence-corrected chi connectivity index (χ1v) is 5.22. The molecule has 0 fully saturated rings. The van der Waals surface area contributed by atoms with Gasteiger partial charge in [-0.25, -0.2) is 15.0 Å².